The highest BCUT2D eigenvalue weighted by atomic mass is 16.7. The monoisotopic (exact) mass is 457 g/mol. The van der Waals surface area contributed by atoms with Crippen molar-refractivity contribution < 1.29 is 14.3 Å². The van der Waals surface area contributed by atoms with Crippen LogP contribution in [-0.4, -0.2) is 22.5 Å². The summed E-state index contributed by atoms with van der Waals surface area (Å²) in [4.78, 5) is 12.3. The Morgan fingerprint density at radius 3 is 2.32 bits per heavy atom. The second-order valence-corrected chi connectivity index (χ2v) is 9.07. The molecule has 0 unspecified atom stereocenters. The summed E-state index contributed by atoms with van der Waals surface area (Å²) < 4.78 is 13.1. The van der Waals surface area contributed by atoms with Gasteiger partial charge in [-0.05, 0) is 42.0 Å². The van der Waals surface area contributed by atoms with Crippen molar-refractivity contribution in [3.8, 4) is 6.07 Å². The number of esters is 1. The second kappa shape index (κ2) is 10.8. The number of aromatic nitrogens is 2. The van der Waals surface area contributed by atoms with Crippen LogP contribution in [0.2, 0.25) is 0 Å². The van der Waals surface area contributed by atoms with Gasteiger partial charge in [-0.3, -0.25) is 9.48 Å². The third kappa shape index (κ3) is 6.14. The van der Waals surface area contributed by atoms with E-state index in [1.165, 1.54) is 5.56 Å². The van der Waals surface area contributed by atoms with E-state index in [1.807, 2.05) is 74.5 Å². The van der Waals surface area contributed by atoms with E-state index in [0.29, 0.717) is 23.6 Å². The molecule has 1 heterocycles. The fourth-order valence-electron chi connectivity index (χ4n) is 3.59. The smallest absolute Gasteiger partial charge is 0.313 e. The van der Waals surface area contributed by atoms with Gasteiger partial charge in [-0.1, -0.05) is 75.4 Å². The molecule has 0 saturated heterocycles. The molecular weight excluding hydrogens is 426 g/mol. The predicted molar refractivity (Wildman–Crippen MR) is 132 cm³/mol. The van der Waals surface area contributed by atoms with Gasteiger partial charge in [0.25, 0.3) is 0 Å². The van der Waals surface area contributed by atoms with Gasteiger partial charge in [0, 0.05) is 6.54 Å². The normalized spacial score (nSPS) is 12.0. The Morgan fingerprint density at radius 2 is 1.74 bits per heavy atom. The molecular formula is C28H31N3O3. The Hall–Kier alpha value is -3.85. The first kappa shape index (κ1) is 24.8. The molecule has 0 aliphatic heterocycles. The lowest BCUT2D eigenvalue weighted by Crippen LogP contribution is -2.13. The summed E-state index contributed by atoms with van der Waals surface area (Å²) in [7, 11) is 0. The molecule has 6 heteroatoms. The van der Waals surface area contributed by atoms with Gasteiger partial charge in [-0.25, -0.2) is 0 Å². The van der Waals surface area contributed by atoms with E-state index < -0.39 is 5.97 Å². The number of allylic oxidation sites excluding steroid dienone is 1. The van der Waals surface area contributed by atoms with E-state index in [-0.39, 0.29) is 18.6 Å². The highest BCUT2D eigenvalue weighted by Gasteiger charge is 2.20. The third-order valence-electron chi connectivity index (χ3n) is 5.43. The zero-order valence-electron chi connectivity index (χ0n) is 20.5. The van der Waals surface area contributed by atoms with Gasteiger partial charge in [0.1, 0.15) is 17.3 Å². The molecule has 176 valence electrons. The summed E-state index contributed by atoms with van der Waals surface area (Å²) in [6.45, 7) is 10.6. The van der Waals surface area contributed by atoms with Crippen LogP contribution in [0.15, 0.2) is 60.7 Å². The molecule has 3 rings (SSSR count). The molecule has 6 nitrogen and oxygen atoms in total. The van der Waals surface area contributed by atoms with E-state index in [2.05, 4.69) is 31.9 Å². The number of benzene rings is 2. The van der Waals surface area contributed by atoms with Crippen molar-refractivity contribution in [3.05, 3.63) is 88.7 Å². The summed E-state index contributed by atoms with van der Waals surface area (Å²) in [5.74, 6) is -0.0697. The van der Waals surface area contributed by atoms with Crippen molar-refractivity contribution in [2.75, 3.05) is 6.79 Å². The summed E-state index contributed by atoms with van der Waals surface area (Å²) in [6.07, 6.45) is 0.147. The first-order valence-electron chi connectivity index (χ1n) is 11.4. The summed E-state index contributed by atoms with van der Waals surface area (Å²) in [5.41, 5.74) is 4.57. The van der Waals surface area contributed by atoms with Crippen molar-refractivity contribution in [3.63, 3.8) is 0 Å². The number of rotatable bonds is 8. The first-order chi connectivity index (χ1) is 16.2. The lowest BCUT2D eigenvalue weighted by Gasteiger charge is -2.19. The van der Waals surface area contributed by atoms with Gasteiger partial charge < -0.3 is 9.47 Å². The van der Waals surface area contributed by atoms with Gasteiger partial charge in [0.05, 0.1) is 12.1 Å². The Balaban J connectivity index is 1.90. The Labute approximate surface area is 201 Å². The third-order valence-corrected chi connectivity index (χ3v) is 5.43. The van der Waals surface area contributed by atoms with E-state index >= 15 is 0 Å². The average Bonchev–Trinajstić information content (AvgIpc) is 3.19. The lowest BCUT2D eigenvalue weighted by molar-refractivity contribution is -0.150. The number of ether oxygens (including phenoxy) is 2. The maximum absolute atomic E-state index is 12.3. The molecule has 0 saturated carbocycles. The van der Waals surface area contributed by atoms with Crippen LogP contribution in [0.25, 0.3) is 11.3 Å². The molecule has 0 atom stereocenters. The van der Waals surface area contributed by atoms with E-state index in [9.17, 15) is 10.1 Å². The molecule has 0 amide bonds. The van der Waals surface area contributed by atoms with Crippen LogP contribution in [0.4, 0.5) is 0 Å². The highest BCUT2D eigenvalue weighted by Crippen LogP contribution is 2.30. The summed E-state index contributed by atoms with van der Waals surface area (Å²) in [5, 5.41) is 14.6. The molecule has 0 fully saturated rings. The van der Waals surface area contributed by atoms with Crippen LogP contribution >= 0.6 is 0 Å². The molecule has 2 aromatic carbocycles. The minimum atomic E-state index is -0.404. The molecule has 0 aliphatic rings. The first-order valence-corrected chi connectivity index (χ1v) is 11.4. The topological polar surface area (TPSA) is 77.1 Å². The zero-order valence-corrected chi connectivity index (χ0v) is 20.5. The van der Waals surface area contributed by atoms with Crippen molar-refractivity contribution >= 4 is 17.3 Å². The maximum atomic E-state index is 12.3. The SMILES string of the molecule is CCn1nc(C)cc1/C(OCOC(=O)Cc1ccccc1)=C(\C#N)c1ccc(C(C)(C)C)cc1. The van der Waals surface area contributed by atoms with E-state index in [1.54, 1.807) is 4.68 Å². The number of aryl methyl sites for hydroxylation is 2. The van der Waals surface area contributed by atoms with Crippen molar-refractivity contribution in [2.45, 2.75) is 53.0 Å². The summed E-state index contributed by atoms with van der Waals surface area (Å²) >= 11 is 0. The van der Waals surface area contributed by atoms with Crippen LogP contribution < -0.4 is 0 Å². The molecule has 0 spiro atoms. The Morgan fingerprint density at radius 1 is 1.06 bits per heavy atom. The standard InChI is InChI=1S/C28H31N3O3/c1-6-31-25(16-20(2)30-31)27(34-19-33-26(32)17-21-10-8-7-9-11-21)24(18-29)22-12-14-23(15-13-22)28(3,4)5/h7-16H,6,17,19H2,1-5H3/b27-24-. The fraction of sp³-hybridized carbons (Fsp3) is 0.321. The minimum absolute atomic E-state index is 0.000716. The number of hydrogen-bond acceptors (Lipinski definition) is 5. The Bertz CT molecular complexity index is 1190. The summed E-state index contributed by atoms with van der Waals surface area (Å²) in [6, 6.07) is 21.4. The average molecular weight is 458 g/mol. The maximum Gasteiger partial charge on any atom is 0.313 e. The van der Waals surface area contributed by atoms with Crippen molar-refractivity contribution in [1.82, 2.24) is 9.78 Å². The quantitative estimate of drug-likeness (QED) is 0.189. The van der Waals surface area contributed by atoms with Crippen molar-refractivity contribution in [2.24, 2.45) is 0 Å². The van der Waals surface area contributed by atoms with Gasteiger partial charge in [-0.2, -0.15) is 10.4 Å². The van der Waals surface area contributed by atoms with Gasteiger partial charge >= 0.3 is 5.97 Å². The van der Waals surface area contributed by atoms with Crippen LogP contribution in [0, 0.1) is 18.3 Å². The molecule has 1 aromatic heterocycles. The molecule has 0 radical (unpaired) electrons. The number of hydrogen-bond donors (Lipinski definition) is 0. The van der Waals surface area contributed by atoms with Gasteiger partial charge in [0.15, 0.2) is 5.76 Å². The molecule has 0 N–H and O–H groups in total. The number of nitriles is 1. The molecule has 0 bridgehead atoms. The Kier molecular flexibility index (Phi) is 7.91. The van der Waals surface area contributed by atoms with Gasteiger partial charge in [-0.15, -0.1) is 0 Å². The van der Waals surface area contributed by atoms with Gasteiger partial charge in [0.2, 0.25) is 6.79 Å². The predicted octanol–water partition coefficient (Wildman–Crippen LogP) is 5.66. The minimum Gasteiger partial charge on any atom is -0.454 e. The number of carbonyl (C=O) groups excluding carboxylic acids is 1. The fourth-order valence-corrected chi connectivity index (χ4v) is 3.59. The lowest BCUT2D eigenvalue weighted by atomic mass is 9.86. The number of nitrogens with zero attached hydrogens (tertiary/aromatic N) is 3. The molecule has 3 aromatic rings. The van der Waals surface area contributed by atoms with Crippen LogP contribution in [0.5, 0.6) is 0 Å². The second-order valence-electron chi connectivity index (χ2n) is 9.07. The zero-order chi connectivity index (χ0) is 24.7. The highest BCUT2D eigenvalue weighted by molar-refractivity contribution is 5.94. The van der Waals surface area contributed by atoms with E-state index in [4.69, 9.17) is 9.47 Å². The van der Waals surface area contributed by atoms with E-state index in [0.717, 1.165) is 16.8 Å². The van der Waals surface area contributed by atoms with Crippen LogP contribution in [0.3, 0.4) is 0 Å². The van der Waals surface area contributed by atoms with Crippen LogP contribution in [0.1, 0.15) is 55.8 Å². The van der Waals surface area contributed by atoms with Crippen LogP contribution in [-0.2, 0) is 32.6 Å². The number of carbonyl (C=O) groups is 1. The largest absolute Gasteiger partial charge is 0.454 e. The van der Waals surface area contributed by atoms with Crippen molar-refractivity contribution in [1.29, 1.82) is 5.26 Å². The molecule has 34 heavy (non-hydrogen) atoms. The molecule has 0 aliphatic carbocycles.